The zero-order valence-electron chi connectivity index (χ0n) is 13.3. The van der Waals surface area contributed by atoms with Crippen LogP contribution < -0.4 is 10.5 Å². The van der Waals surface area contributed by atoms with Crippen LogP contribution in [0.2, 0.25) is 0 Å². The number of nitrogen functional groups attached to an aromatic ring is 1. The first-order chi connectivity index (χ1) is 10.2. The summed E-state index contributed by atoms with van der Waals surface area (Å²) in [7, 11) is 1.58. The van der Waals surface area contributed by atoms with Gasteiger partial charge < -0.3 is 15.2 Å². The van der Waals surface area contributed by atoms with E-state index >= 15 is 0 Å². The standard InChI is InChI=1S/C17H28N2O2/c1-3-4-5-6-7-8-11-21-13-14-9-10-16(20-2)15(12-14)17(18)19/h9-10,12H,3-8,11,13H2,1-2H3,(H3,18,19). The normalized spacial score (nSPS) is 10.6. The lowest BCUT2D eigenvalue weighted by Gasteiger charge is -2.10. The van der Waals surface area contributed by atoms with Crippen molar-refractivity contribution in [1.29, 1.82) is 5.41 Å². The zero-order chi connectivity index (χ0) is 15.5. The number of unbranched alkanes of at least 4 members (excludes halogenated alkanes) is 5. The van der Waals surface area contributed by atoms with Crippen LogP contribution in [0.1, 0.15) is 56.6 Å². The summed E-state index contributed by atoms with van der Waals surface area (Å²) in [4.78, 5) is 0. The number of hydrogen-bond donors (Lipinski definition) is 2. The Bertz CT molecular complexity index is 433. The Morgan fingerprint density at radius 1 is 1.14 bits per heavy atom. The fourth-order valence-corrected chi connectivity index (χ4v) is 2.23. The molecule has 3 N–H and O–H groups in total. The number of amidine groups is 1. The van der Waals surface area contributed by atoms with Gasteiger partial charge in [-0.3, -0.25) is 5.41 Å². The fourth-order valence-electron chi connectivity index (χ4n) is 2.23. The van der Waals surface area contributed by atoms with Crippen LogP contribution in [0.5, 0.6) is 5.75 Å². The summed E-state index contributed by atoms with van der Waals surface area (Å²) in [6, 6.07) is 5.65. The van der Waals surface area contributed by atoms with Crippen molar-refractivity contribution in [3.05, 3.63) is 29.3 Å². The molecular formula is C17H28N2O2. The van der Waals surface area contributed by atoms with Gasteiger partial charge in [-0.15, -0.1) is 0 Å². The van der Waals surface area contributed by atoms with Gasteiger partial charge in [0.25, 0.3) is 0 Å². The molecule has 0 saturated carbocycles. The summed E-state index contributed by atoms with van der Waals surface area (Å²) >= 11 is 0. The second-order valence-corrected chi connectivity index (χ2v) is 5.27. The van der Waals surface area contributed by atoms with E-state index in [0.717, 1.165) is 18.6 Å². The molecule has 4 nitrogen and oxygen atoms in total. The predicted octanol–water partition coefficient (Wildman–Crippen LogP) is 3.86. The van der Waals surface area contributed by atoms with E-state index in [9.17, 15) is 0 Å². The molecule has 0 saturated heterocycles. The molecule has 0 fully saturated rings. The zero-order valence-corrected chi connectivity index (χ0v) is 13.3. The molecule has 0 bridgehead atoms. The molecule has 1 aromatic carbocycles. The summed E-state index contributed by atoms with van der Waals surface area (Å²) in [5.41, 5.74) is 7.20. The third-order valence-electron chi connectivity index (χ3n) is 3.47. The minimum absolute atomic E-state index is 0.0182. The molecule has 21 heavy (non-hydrogen) atoms. The van der Waals surface area contributed by atoms with Gasteiger partial charge in [-0.25, -0.2) is 0 Å². The van der Waals surface area contributed by atoms with E-state index in [1.807, 2.05) is 18.2 Å². The van der Waals surface area contributed by atoms with Crippen LogP contribution in [0.3, 0.4) is 0 Å². The highest BCUT2D eigenvalue weighted by atomic mass is 16.5. The lowest BCUT2D eigenvalue weighted by atomic mass is 10.1. The molecule has 0 amide bonds. The Hall–Kier alpha value is -1.55. The van der Waals surface area contributed by atoms with Gasteiger partial charge in [0.15, 0.2) is 0 Å². The first kappa shape index (κ1) is 17.5. The molecule has 0 aliphatic heterocycles. The van der Waals surface area contributed by atoms with E-state index in [1.54, 1.807) is 7.11 Å². The lowest BCUT2D eigenvalue weighted by Crippen LogP contribution is -2.13. The Morgan fingerprint density at radius 3 is 2.52 bits per heavy atom. The fraction of sp³-hybridized carbons (Fsp3) is 0.588. The molecule has 0 unspecified atom stereocenters. The number of rotatable bonds is 11. The minimum atomic E-state index is 0.0182. The van der Waals surface area contributed by atoms with Crippen molar-refractivity contribution >= 4 is 5.84 Å². The van der Waals surface area contributed by atoms with E-state index in [0.29, 0.717) is 17.9 Å². The third kappa shape index (κ3) is 6.63. The average Bonchev–Trinajstić information content (AvgIpc) is 2.49. The number of nitrogens with two attached hydrogens (primary N) is 1. The Labute approximate surface area is 128 Å². The van der Waals surface area contributed by atoms with Crippen LogP contribution in [0.25, 0.3) is 0 Å². The summed E-state index contributed by atoms with van der Waals surface area (Å²) in [6.45, 7) is 3.57. The van der Waals surface area contributed by atoms with Crippen LogP contribution in [0.4, 0.5) is 0 Å². The van der Waals surface area contributed by atoms with E-state index in [2.05, 4.69) is 6.92 Å². The molecule has 1 aromatic rings. The van der Waals surface area contributed by atoms with Crippen molar-refractivity contribution in [2.24, 2.45) is 5.73 Å². The Kier molecular flexibility index (Phi) is 8.51. The monoisotopic (exact) mass is 292 g/mol. The van der Waals surface area contributed by atoms with Crippen LogP contribution in [0.15, 0.2) is 18.2 Å². The van der Waals surface area contributed by atoms with Gasteiger partial charge in [0.05, 0.1) is 19.3 Å². The molecule has 0 spiro atoms. The topological polar surface area (TPSA) is 68.3 Å². The quantitative estimate of drug-likeness (QED) is 0.370. The highest BCUT2D eigenvalue weighted by Gasteiger charge is 2.07. The van der Waals surface area contributed by atoms with Gasteiger partial charge in [-0.05, 0) is 24.1 Å². The van der Waals surface area contributed by atoms with E-state index < -0.39 is 0 Å². The predicted molar refractivity (Wildman–Crippen MR) is 87.0 cm³/mol. The summed E-state index contributed by atoms with van der Waals surface area (Å²) in [5.74, 6) is 0.645. The van der Waals surface area contributed by atoms with Crippen LogP contribution in [0, 0.1) is 5.41 Å². The highest BCUT2D eigenvalue weighted by Crippen LogP contribution is 2.19. The van der Waals surface area contributed by atoms with Gasteiger partial charge >= 0.3 is 0 Å². The van der Waals surface area contributed by atoms with Crippen molar-refractivity contribution < 1.29 is 9.47 Å². The molecule has 4 heteroatoms. The van der Waals surface area contributed by atoms with Crippen molar-refractivity contribution in [2.75, 3.05) is 13.7 Å². The first-order valence-electron chi connectivity index (χ1n) is 7.78. The maximum Gasteiger partial charge on any atom is 0.129 e. The van der Waals surface area contributed by atoms with Crippen LogP contribution >= 0.6 is 0 Å². The van der Waals surface area contributed by atoms with E-state index in [1.165, 1.54) is 32.1 Å². The van der Waals surface area contributed by atoms with Gasteiger partial charge in [-0.1, -0.05) is 45.1 Å². The van der Waals surface area contributed by atoms with Crippen LogP contribution in [-0.2, 0) is 11.3 Å². The summed E-state index contributed by atoms with van der Waals surface area (Å²) in [6.07, 6.45) is 7.60. The molecule has 1 rings (SSSR count). The lowest BCUT2D eigenvalue weighted by molar-refractivity contribution is 0.116. The molecule has 118 valence electrons. The SMILES string of the molecule is CCCCCCCCOCc1ccc(OC)c(C(=N)N)c1. The van der Waals surface area contributed by atoms with Gasteiger partial charge in [0, 0.05) is 6.61 Å². The second kappa shape index (κ2) is 10.2. The van der Waals surface area contributed by atoms with Crippen LogP contribution in [-0.4, -0.2) is 19.6 Å². The number of methoxy groups -OCH3 is 1. The second-order valence-electron chi connectivity index (χ2n) is 5.27. The first-order valence-corrected chi connectivity index (χ1v) is 7.78. The Morgan fingerprint density at radius 2 is 1.86 bits per heavy atom. The number of benzene rings is 1. The smallest absolute Gasteiger partial charge is 0.129 e. The summed E-state index contributed by atoms with van der Waals surface area (Å²) in [5, 5.41) is 7.56. The van der Waals surface area contributed by atoms with Crippen molar-refractivity contribution in [3.63, 3.8) is 0 Å². The van der Waals surface area contributed by atoms with E-state index in [-0.39, 0.29) is 5.84 Å². The number of nitrogens with one attached hydrogen (secondary N) is 1. The van der Waals surface area contributed by atoms with Crippen molar-refractivity contribution in [1.82, 2.24) is 0 Å². The van der Waals surface area contributed by atoms with Crippen molar-refractivity contribution in [2.45, 2.75) is 52.1 Å². The number of hydrogen-bond acceptors (Lipinski definition) is 3. The Balaban J connectivity index is 2.29. The van der Waals surface area contributed by atoms with Gasteiger partial charge in [-0.2, -0.15) is 0 Å². The largest absolute Gasteiger partial charge is 0.496 e. The van der Waals surface area contributed by atoms with Gasteiger partial charge in [0.2, 0.25) is 0 Å². The third-order valence-corrected chi connectivity index (χ3v) is 3.47. The highest BCUT2D eigenvalue weighted by molar-refractivity contribution is 5.97. The molecule has 0 heterocycles. The van der Waals surface area contributed by atoms with E-state index in [4.69, 9.17) is 20.6 Å². The molecule has 0 aromatic heterocycles. The van der Waals surface area contributed by atoms with Gasteiger partial charge in [0.1, 0.15) is 11.6 Å². The van der Waals surface area contributed by atoms with Crippen molar-refractivity contribution in [3.8, 4) is 5.75 Å². The number of ether oxygens (including phenoxy) is 2. The molecule has 0 aliphatic carbocycles. The molecule has 0 radical (unpaired) electrons. The molecular weight excluding hydrogens is 264 g/mol. The maximum absolute atomic E-state index is 7.56. The summed E-state index contributed by atoms with van der Waals surface area (Å²) < 4.78 is 10.9. The maximum atomic E-state index is 7.56. The molecule has 0 atom stereocenters. The molecule has 0 aliphatic rings. The average molecular weight is 292 g/mol. The minimum Gasteiger partial charge on any atom is -0.496 e.